The zero-order chi connectivity index (χ0) is 17.6. The Balaban J connectivity index is 1.72. The minimum absolute atomic E-state index is 0.188. The molecule has 0 spiro atoms. The van der Waals surface area contributed by atoms with Gasteiger partial charge in [0, 0.05) is 18.8 Å². The number of hydrogen-bond acceptors (Lipinski definition) is 5. The third-order valence-electron chi connectivity index (χ3n) is 4.02. The molecule has 1 heterocycles. The van der Waals surface area contributed by atoms with Gasteiger partial charge in [-0.15, -0.1) is 0 Å². The molecular formula is C19H21N5O. The number of nitrogens with one attached hydrogen (secondary N) is 2. The Kier molecular flexibility index (Phi) is 5.09. The minimum Gasteiger partial charge on any atom is -0.372 e. The summed E-state index contributed by atoms with van der Waals surface area (Å²) in [6.07, 6.45) is 1.70. The molecule has 3 aromatic rings. The van der Waals surface area contributed by atoms with Crippen molar-refractivity contribution in [1.82, 2.24) is 9.97 Å². The van der Waals surface area contributed by atoms with Gasteiger partial charge in [-0.05, 0) is 43.7 Å². The van der Waals surface area contributed by atoms with Gasteiger partial charge in [0.1, 0.15) is 0 Å². The molecule has 1 aromatic heterocycles. The maximum Gasteiger partial charge on any atom is 0.260 e. The monoisotopic (exact) mass is 335 g/mol. The van der Waals surface area contributed by atoms with Crippen LogP contribution in [0.15, 0.2) is 58.4 Å². The van der Waals surface area contributed by atoms with Crippen LogP contribution in [0.3, 0.4) is 0 Å². The largest absolute Gasteiger partial charge is 0.372 e. The van der Waals surface area contributed by atoms with E-state index in [1.807, 2.05) is 24.3 Å². The van der Waals surface area contributed by atoms with Crippen LogP contribution < -0.4 is 15.9 Å². The molecule has 0 saturated heterocycles. The molecule has 0 aliphatic heterocycles. The molecule has 6 heteroatoms. The third kappa shape index (κ3) is 3.85. The summed E-state index contributed by atoms with van der Waals surface area (Å²) < 4.78 is 0. The van der Waals surface area contributed by atoms with E-state index in [0.717, 1.165) is 18.7 Å². The number of para-hydroxylation sites is 1. The van der Waals surface area contributed by atoms with Crippen molar-refractivity contribution < 1.29 is 0 Å². The molecule has 3 rings (SSSR count). The Morgan fingerprint density at radius 3 is 2.56 bits per heavy atom. The molecule has 0 bridgehead atoms. The summed E-state index contributed by atoms with van der Waals surface area (Å²) >= 11 is 0. The molecule has 6 nitrogen and oxygen atoms in total. The molecule has 0 saturated carbocycles. The van der Waals surface area contributed by atoms with Crippen LogP contribution in [-0.4, -0.2) is 29.3 Å². The van der Waals surface area contributed by atoms with Gasteiger partial charge in [0.25, 0.3) is 5.56 Å². The Labute approximate surface area is 146 Å². The van der Waals surface area contributed by atoms with Crippen LogP contribution >= 0.6 is 0 Å². The van der Waals surface area contributed by atoms with E-state index in [0.29, 0.717) is 16.9 Å². The molecule has 0 aliphatic rings. The average molecular weight is 335 g/mol. The van der Waals surface area contributed by atoms with Crippen molar-refractivity contribution in [2.45, 2.75) is 13.8 Å². The zero-order valence-electron chi connectivity index (χ0n) is 14.4. The first-order valence-electron chi connectivity index (χ1n) is 8.34. The molecule has 0 radical (unpaired) electrons. The predicted molar refractivity (Wildman–Crippen MR) is 104 cm³/mol. The summed E-state index contributed by atoms with van der Waals surface area (Å²) in [6.45, 7) is 6.24. The number of hydrogen-bond donors (Lipinski definition) is 2. The van der Waals surface area contributed by atoms with E-state index in [2.05, 4.69) is 51.4 Å². The third-order valence-corrected chi connectivity index (χ3v) is 4.02. The quantitative estimate of drug-likeness (QED) is 0.536. The fraction of sp³-hybridized carbons (Fsp3) is 0.211. The second-order valence-corrected chi connectivity index (χ2v) is 5.57. The van der Waals surface area contributed by atoms with Crippen molar-refractivity contribution >= 4 is 28.8 Å². The summed E-state index contributed by atoms with van der Waals surface area (Å²) in [6, 6.07) is 15.4. The summed E-state index contributed by atoms with van der Waals surface area (Å²) in [7, 11) is 0. The number of anilines is 2. The van der Waals surface area contributed by atoms with E-state index >= 15 is 0 Å². The molecular weight excluding hydrogens is 314 g/mol. The lowest BCUT2D eigenvalue weighted by molar-refractivity contribution is 0.866. The van der Waals surface area contributed by atoms with Gasteiger partial charge in [0.05, 0.1) is 17.1 Å². The van der Waals surface area contributed by atoms with Gasteiger partial charge in [0.15, 0.2) is 0 Å². The Morgan fingerprint density at radius 2 is 1.84 bits per heavy atom. The van der Waals surface area contributed by atoms with E-state index in [1.165, 1.54) is 5.69 Å². The number of aromatic amines is 1. The highest BCUT2D eigenvalue weighted by Gasteiger charge is 2.02. The number of fused-ring (bicyclic) bond motifs is 1. The predicted octanol–water partition coefficient (Wildman–Crippen LogP) is 3.22. The highest BCUT2D eigenvalue weighted by atomic mass is 16.1. The highest BCUT2D eigenvalue weighted by molar-refractivity contribution is 5.81. The standard InChI is InChI=1S/C19H21N5O/c1-3-24(4-2)15-11-9-14(10-12-15)13-20-23-19-21-17-8-6-5-7-16(17)18(25)22-19/h5-13H,3-4H2,1-2H3,(H2,21,22,23,25)/b20-13-. The van der Waals surface area contributed by atoms with Gasteiger partial charge in [-0.25, -0.2) is 10.4 Å². The van der Waals surface area contributed by atoms with Crippen LogP contribution in [0.1, 0.15) is 19.4 Å². The van der Waals surface area contributed by atoms with Crippen LogP contribution in [0.5, 0.6) is 0 Å². The number of aromatic nitrogens is 2. The fourth-order valence-corrected chi connectivity index (χ4v) is 2.67. The van der Waals surface area contributed by atoms with Crippen molar-refractivity contribution in [2.24, 2.45) is 5.10 Å². The van der Waals surface area contributed by atoms with E-state index in [1.54, 1.807) is 18.3 Å². The maximum atomic E-state index is 12.0. The second-order valence-electron chi connectivity index (χ2n) is 5.57. The van der Waals surface area contributed by atoms with Crippen molar-refractivity contribution in [3.8, 4) is 0 Å². The number of benzene rings is 2. The Morgan fingerprint density at radius 1 is 1.12 bits per heavy atom. The van der Waals surface area contributed by atoms with Crippen molar-refractivity contribution in [1.29, 1.82) is 0 Å². The minimum atomic E-state index is -0.188. The van der Waals surface area contributed by atoms with E-state index in [-0.39, 0.29) is 5.56 Å². The van der Waals surface area contributed by atoms with E-state index < -0.39 is 0 Å². The first-order valence-corrected chi connectivity index (χ1v) is 8.34. The van der Waals surface area contributed by atoms with Gasteiger partial charge in [0.2, 0.25) is 5.95 Å². The number of nitrogens with zero attached hydrogens (tertiary/aromatic N) is 3. The first kappa shape index (κ1) is 16.7. The number of H-pyrrole nitrogens is 1. The molecule has 2 aromatic carbocycles. The van der Waals surface area contributed by atoms with Gasteiger partial charge >= 0.3 is 0 Å². The number of hydrazone groups is 1. The van der Waals surface area contributed by atoms with Crippen LogP contribution in [0.25, 0.3) is 10.9 Å². The first-order chi connectivity index (χ1) is 12.2. The maximum absolute atomic E-state index is 12.0. The lowest BCUT2D eigenvalue weighted by Gasteiger charge is -2.20. The highest BCUT2D eigenvalue weighted by Crippen LogP contribution is 2.14. The van der Waals surface area contributed by atoms with Gasteiger partial charge in [-0.2, -0.15) is 5.10 Å². The Hall–Kier alpha value is -3.15. The summed E-state index contributed by atoms with van der Waals surface area (Å²) in [5.41, 5.74) is 5.38. The van der Waals surface area contributed by atoms with Crippen molar-refractivity contribution in [3.63, 3.8) is 0 Å². The SMILES string of the molecule is CCN(CC)c1ccc(/C=N\Nc2nc3ccccc3c(=O)[nH]2)cc1. The molecule has 0 atom stereocenters. The lowest BCUT2D eigenvalue weighted by atomic mass is 10.2. The van der Waals surface area contributed by atoms with Crippen LogP contribution in [0, 0.1) is 0 Å². The van der Waals surface area contributed by atoms with E-state index in [4.69, 9.17) is 0 Å². The molecule has 25 heavy (non-hydrogen) atoms. The van der Waals surface area contributed by atoms with Gasteiger partial charge in [-0.3, -0.25) is 9.78 Å². The molecule has 0 amide bonds. The summed E-state index contributed by atoms with van der Waals surface area (Å²) in [4.78, 5) is 21.3. The summed E-state index contributed by atoms with van der Waals surface area (Å²) in [5, 5.41) is 4.71. The normalized spacial score (nSPS) is 11.1. The van der Waals surface area contributed by atoms with Gasteiger partial charge < -0.3 is 4.90 Å². The fourth-order valence-electron chi connectivity index (χ4n) is 2.67. The smallest absolute Gasteiger partial charge is 0.260 e. The van der Waals surface area contributed by atoms with Crippen LogP contribution in [0.2, 0.25) is 0 Å². The topological polar surface area (TPSA) is 73.4 Å². The summed E-state index contributed by atoms with van der Waals surface area (Å²) in [5.74, 6) is 0.319. The molecule has 0 fully saturated rings. The van der Waals surface area contributed by atoms with Crippen LogP contribution in [0.4, 0.5) is 11.6 Å². The molecule has 0 aliphatic carbocycles. The van der Waals surface area contributed by atoms with Crippen molar-refractivity contribution in [2.75, 3.05) is 23.4 Å². The van der Waals surface area contributed by atoms with E-state index in [9.17, 15) is 4.79 Å². The average Bonchev–Trinajstić information content (AvgIpc) is 2.64. The van der Waals surface area contributed by atoms with Crippen LogP contribution in [-0.2, 0) is 0 Å². The molecule has 0 unspecified atom stereocenters. The van der Waals surface area contributed by atoms with Crippen molar-refractivity contribution in [3.05, 3.63) is 64.4 Å². The molecule has 2 N–H and O–H groups in total. The zero-order valence-corrected chi connectivity index (χ0v) is 14.4. The molecule has 128 valence electrons. The van der Waals surface area contributed by atoms with Gasteiger partial charge in [-0.1, -0.05) is 24.3 Å². The second kappa shape index (κ2) is 7.61. The lowest BCUT2D eigenvalue weighted by Crippen LogP contribution is -2.21. The number of rotatable bonds is 6. The Bertz CT molecular complexity index is 926.